The maximum Gasteiger partial charge on any atom is 0.206 e. The number of aromatic nitrogens is 2. The molecule has 16 heavy (non-hydrogen) atoms. The van der Waals surface area contributed by atoms with Crippen molar-refractivity contribution in [3.63, 3.8) is 0 Å². The van der Waals surface area contributed by atoms with E-state index in [1.807, 2.05) is 7.05 Å². The van der Waals surface area contributed by atoms with Crippen LogP contribution in [0.1, 0.15) is 11.1 Å². The summed E-state index contributed by atoms with van der Waals surface area (Å²) in [6.45, 7) is 2.11. The third kappa shape index (κ3) is 2.96. The summed E-state index contributed by atoms with van der Waals surface area (Å²) >= 11 is 3.31. The van der Waals surface area contributed by atoms with Gasteiger partial charge in [0.25, 0.3) is 0 Å². The van der Waals surface area contributed by atoms with Crippen LogP contribution in [-0.2, 0) is 5.75 Å². The quantitative estimate of drug-likeness (QED) is 0.847. The number of thioether (sulfide) groups is 1. The lowest BCUT2D eigenvalue weighted by molar-refractivity contribution is 1.01. The first-order valence-corrected chi connectivity index (χ1v) is 6.78. The highest BCUT2D eigenvalue weighted by molar-refractivity contribution is 8.00. The Bertz CT molecular complexity index is 468. The monoisotopic (exact) mass is 251 g/mol. The lowest BCUT2D eigenvalue weighted by atomic mass is 10.2. The van der Waals surface area contributed by atoms with Crippen molar-refractivity contribution in [3.05, 3.63) is 35.4 Å². The third-order valence-electron chi connectivity index (χ3n) is 2.07. The Morgan fingerprint density at radius 3 is 2.94 bits per heavy atom. The molecule has 2 rings (SSSR count). The molecule has 1 aromatic carbocycles. The maximum absolute atomic E-state index is 4.09. The van der Waals surface area contributed by atoms with Gasteiger partial charge in [0.05, 0.1) is 0 Å². The Morgan fingerprint density at radius 2 is 2.25 bits per heavy atom. The molecular formula is C11H13N3S2. The summed E-state index contributed by atoms with van der Waals surface area (Å²) in [4.78, 5) is 0. The lowest BCUT2D eigenvalue weighted by Gasteiger charge is -1.99. The van der Waals surface area contributed by atoms with E-state index in [0.717, 1.165) is 15.2 Å². The minimum Gasteiger partial charge on any atom is -0.363 e. The van der Waals surface area contributed by atoms with Gasteiger partial charge in [0.2, 0.25) is 5.13 Å². The van der Waals surface area contributed by atoms with E-state index in [-0.39, 0.29) is 0 Å². The third-order valence-corrected chi connectivity index (χ3v) is 4.21. The average Bonchev–Trinajstić information content (AvgIpc) is 2.74. The van der Waals surface area contributed by atoms with Gasteiger partial charge >= 0.3 is 0 Å². The van der Waals surface area contributed by atoms with Gasteiger partial charge in [-0.25, -0.2) is 0 Å². The number of nitrogens with zero attached hydrogens (tertiary/aromatic N) is 2. The van der Waals surface area contributed by atoms with E-state index in [1.165, 1.54) is 11.1 Å². The first-order chi connectivity index (χ1) is 7.78. The molecule has 0 atom stereocenters. The summed E-state index contributed by atoms with van der Waals surface area (Å²) in [5, 5.41) is 11.9. The lowest BCUT2D eigenvalue weighted by Crippen LogP contribution is -1.84. The molecule has 1 N–H and O–H groups in total. The highest BCUT2D eigenvalue weighted by atomic mass is 32.2. The van der Waals surface area contributed by atoms with Crippen LogP contribution < -0.4 is 5.32 Å². The molecule has 0 radical (unpaired) electrons. The molecule has 0 fully saturated rings. The molecule has 0 saturated carbocycles. The molecule has 0 aliphatic heterocycles. The van der Waals surface area contributed by atoms with Crippen LogP contribution in [0.4, 0.5) is 5.13 Å². The topological polar surface area (TPSA) is 37.8 Å². The van der Waals surface area contributed by atoms with Crippen molar-refractivity contribution in [2.24, 2.45) is 0 Å². The molecule has 0 aliphatic rings. The predicted molar refractivity (Wildman–Crippen MR) is 70.2 cm³/mol. The number of rotatable bonds is 4. The molecule has 0 spiro atoms. The molecule has 2 aromatic rings. The second kappa shape index (κ2) is 5.32. The van der Waals surface area contributed by atoms with Crippen LogP contribution in [0, 0.1) is 6.92 Å². The van der Waals surface area contributed by atoms with Gasteiger partial charge in [-0.1, -0.05) is 52.9 Å². The van der Waals surface area contributed by atoms with E-state index in [0.29, 0.717) is 0 Å². The van der Waals surface area contributed by atoms with Gasteiger partial charge in [0, 0.05) is 12.8 Å². The molecule has 1 heterocycles. The van der Waals surface area contributed by atoms with Crippen LogP contribution in [0.3, 0.4) is 0 Å². The van der Waals surface area contributed by atoms with Gasteiger partial charge in [0.1, 0.15) is 0 Å². The van der Waals surface area contributed by atoms with Crippen molar-refractivity contribution in [1.29, 1.82) is 0 Å². The van der Waals surface area contributed by atoms with Gasteiger partial charge in [-0.2, -0.15) is 0 Å². The Morgan fingerprint density at radius 1 is 1.38 bits per heavy atom. The number of aryl methyl sites for hydroxylation is 1. The second-order valence-corrected chi connectivity index (χ2v) is 5.60. The SMILES string of the molecule is CNc1nnc(SCc2cccc(C)c2)s1. The highest BCUT2D eigenvalue weighted by Crippen LogP contribution is 2.27. The minimum absolute atomic E-state index is 0.867. The average molecular weight is 251 g/mol. The summed E-state index contributed by atoms with van der Waals surface area (Å²) in [5.41, 5.74) is 2.62. The molecule has 0 unspecified atom stereocenters. The van der Waals surface area contributed by atoms with E-state index >= 15 is 0 Å². The first kappa shape index (κ1) is 11.4. The van der Waals surface area contributed by atoms with Gasteiger partial charge in [-0.15, -0.1) is 10.2 Å². The fraction of sp³-hybridized carbons (Fsp3) is 0.273. The Kier molecular flexibility index (Phi) is 3.79. The molecule has 0 aliphatic carbocycles. The van der Waals surface area contributed by atoms with E-state index < -0.39 is 0 Å². The van der Waals surface area contributed by atoms with Gasteiger partial charge < -0.3 is 5.32 Å². The van der Waals surface area contributed by atoms with Crippen molar-refractivity contribution in [2.75, 3.05) is 12.4 Å². The van der Waals surface area contributed by atoms with Crippen molar-refractivity contribution in [1.82, 2.24) is 10.2 Å². The standard InChI is InChI=1S/C11H13N3S2/c1-8-4-3-5-9(6-8)7-15-11-14-13-10(12-2)16-11/h3-6H,7H2,1-2H3,(H,12,13). The summed E-state index contributed by atoms with van der Waals surface area (Å²) in [7, 11) is 1.86. The van der Waals surface area contributed by atoms with Gasteiger partial charge in [0.15, 0.2) is 4.34 Å². The zero-order valence-corrected chi connectivity index (χ0v) is 10.9. The van der Waals surface area contributed by atoms with Gasteiger partial charge in [-0.3, -0.25) is 0 Å². The highest BCUT2D eigenvalue weighted by Gasteiger charge is 2.03. The van der Waals surface area contributed by atoms with E-state index in [1.54, 1.807) is 23.1 Å². The Hall–Kier alpha value is -1.07. The molecule has 0 amide bonds. The summed E-state index contributed by atoms with van der Waals surface area (Å²) in [6, 6.07) is 8.54. The fourth-order valence-corrected chi connectivity index (χ4v) is 2.96. The maximum atomic E-state index is 4.09. The van der Waals surface area contributed by atoms with Crippen LogP contribution in [0.5, 0.6) is 0 Å². The zero-order chi connectivity index (χ0) is 11.4. The molecule has 0 bridgehead atoms. The van der Waals surface area contributed by atoms with E-state index in [2.05, 4.69) is 46.7 Å². The van der Waals surface area contributed by atoms with Crippen molar-refractivity contribution < 1.29 is 0 Å². The molecule has 0 saturated heterocycles. The first-order valence-electron chi connectivity index (χ1n) is 4.97. The van der Waals surface area contributed by atoms with Crippen LogP contribution in [0.15, 0.2) is 28.6 Å². The number of hydrogen-bond donors (Lipinski definition) is 1. The van der Waals surface area contributed by atoms with E-state index in [4.69, 9.17) is 0 Å². The fourth-order valence-electron chi connectivity index (χ4n) is 1.32. The summed E-state index contributed by atoms with van der Waals surface area (Å²) < 4.78 is 1.01. The van der Waals surface area contributed by atoms with E-state index in [9.17, 15) is 0 Å². The number of anilines is 1. The number of nitrogens with one attached hydrogen (secondary N) is 1. The second-order valence-electron chi connectivity index (χ2n) is 3.40. The molecule has 3 nitrogen and oxygen atoms in total. The van der Waals surface area contributed by atoms with Gasteiger partial charge in [-0.05, 0) is 12.5 Å². The van der Waals surface area contributed by atoms with Crippen LogP contribution >= 0.6 is 23.1 Å². The molecule has 5 heteroatoms. The Labute approximate surface area is 103 Å². The molecule has 1 aromatic heterocycles. The van der Waals surface area contributed by atoms with Crippen LogP contribution in [-0.4, -0.2) is 17.2 Å². The largest absolute Gasteiger partial charge is 0.363 e. The zero-order valence-electron chi connectivity index (χ0n) is 9.23. The van der Waals surface area contributed by atoms with Crippen LogP contribution in [0.25, 0.3) is 0 Å². The van der Waals surface area contributed by atoms with Crippen molar-refractivity contribution in [3.8, 4) is 0 Å². The summed E-state index contributed by atoms with van der Waals surface area (Å²) in [6.07, 6.45) is 0. The van der Waals surface area contributed by atoms with Crippen molar-refractivity contribution in [2.45, 2.75) is 17.0 Å². The number of benzene rings is 1. The van der Waals surface area contributed by atoms with Crippen LogP contribution in [0.2, 0.25) is 0 Å². The summed E-state index contributed by atoms with van der Waals surface area (Å²) in [5.74, 6) is 0.944. The smallest absolute Gasteiger partial charge is 0.206 e. The Balaban J connectivity index is 1.96. The molecule has 84 valence electrons. The normalized spacial score (nSPS) is 10.4. The number of hydrogen-bond acceptors (Lipinski definition) is 5. The molecular weight excluding hydrogens is 238 g/mol. The predicted octanol–water partition coefficient (Wildman–Crippen LogP) is 3.18. The van der Waals surface area contributed by atoms with Crippen molar-refractivity contribution >= 4 is 28.2 Å². The minimum atomic E-state index is 0.867.